The SMILES string of the molecule is Cc1ccc([C@@H]2C3=C(C[C@@H](c4ccc(Cl)cc4)CC3=O)Nc3ccccc3N2C(=O)c2ccccc2)cc1. The highest BCUT2D eigenvalue weighted by Gasteiger charge is 2.41. The Morgan fingerprint density at radius 2 is 1.47 bits per heavy atom. The van der Waals surface area contributed by atoms with Crippen molar-refractivity contribution in [3.05, 3.63) is 142 Å². The van der Waals surface area contributed by atoms with Crippen LogP contribution in [0.15, 0.2) is 114 Å². The molecule has 0 unspecified atom stereocenters. The number of rotatable bonds is 3. The molecule has 1 aliphatic heterocycles. The molecule has 2 aliphatic rings. The Morgan fingerprint density at radius 1 is 0.816 bits per heavy atom. The Bertz CT molecular complexity index is 1540. The van der Waals surface area contributed by atoms with Crippen LogP contribution in [0, 0.1) is 6.92 Å². The number of benzene rings is 4. The highest BCUT2D eigenvalue weighted by molar-refractivity contribution is 6.30. The van der Waals surface area contributed by atoms with Crippen molar-refractivity contribution >= 4 is 34.7 Å². The van der Waals surface area contributed by atoms with Crippen molar-refractivity contribution in [1.82, 2.24) is 0 Å². The molecule has 0 bridgehead atoms. The number of carbonyl (C=O) groups excluding carboxylic acids is 2. The summed E-state index contributed by atoms with van der Waals surface area (Å²) < 4.78 is 0. The third-order valence-corrected chi connectivity index (χ3v) is 7.71. The number of carbonyl (C=O) groups is 2. The van der Waals surface area contributed by atoms with E-state index in [0.29, 0.717) is 29.0 Å². The second-order valence-corrected chi connectivity index (χ2v) is 10.4. The first-order chi connectivity index (χ1) is 18.5. The molecule has 188 valence electrons. The fourth-order valence-electron chi connectivity index (χ4n) is 5.57. The molecule has 2 atom stereocenters. The average molecular weight is 519 g/mol. The van der Waals surface area contributed by atoms with Gasteiger partial charge in [-0.25, -0.2) is 0 Å². The Hall–Kier alpha value is -4.15. The summed E-state index contributed by atoms with van der Waals surface area (Å²) in [6.07, 6.45) is 1.03. The molecule has 4 aromatic rings. The molecule has 1 aliphatic carbocycles. The van der Waals surface area contributed by atoms with Crippen LogP contribution >= 0.6 is 11.6 Å². The minimum absolute atomic E-state index is 0.0215. The van der Waals surface area contributed by atoms with Gasteiger partial charge >= 0.3 is 0 Å². The lowest BCUT2D eigenvalue weighted by atomic mass is 9.78. The van der Waals surface area contributed by atoms with E-state index in [1.54, 1.807) is 4.90 Å². The van der Waals surface area contributed by atoms with E-state index in [4.69, 9.17) is 11.6 Å². The van der Waals surface area contributed by atoms with Gasteiger partial charge in [-0.2, -0.15) is 0 Å². The number of aryl methyl sites for hydroxylation is 1. The number of allylic oxidation sites excluding steroid dienone is 1. The van der Waals surface area contributed by atoms with Crippen LogP contribution in [0.2, 0.25) is 5.02 Å². The molecule has 0 spiro atoms. The van der Waals surface area contributed by atoms with Gasteiger partial charge in [0.1, 0.15) is 0 Å². The number of fused-ring (bicyclic) bond motifs is 1. The van der Waals surface area contributed by atoms with Crippen molar-refractivity contribution in [2.24, 2.45) is 0 Å². The Balaban J connectivity index is 1.55. The van der Waals surface area contributed by atoms with Crippen molar-refractivity contribution in [3.63, 3.8) is 0 Å². The minimum Gasteiger partial charge on any atom is -0.357 e. The van der Waals surface area contributed by atoms with E-state index in [1.165, 1.54) is 0 Å². The lowest BCUT2D eigenvalue weighted by Crippen LogP contribution is -2.38. The number of nitrogens with zero attached hydrogens (tertiary/aromatic N) is 1. The molecule has 6 rings (SSSR count). The van der Waals surface area contributed by atoms with Crippen LogP contribution in [-0.4, -0.2) is 11.7 Å². The van der Waals surface area contributed by atoms with E-state index in [-0.39, 0.29) is 17.6 Å². The smallest absolute Gasteiger partial charge is 0.259 e. The summed E-state index contributed by atoms with van der Waals surface area (Å²) in [5.74, 6) is -0.0806. The molecule has 38 heavy (non-hydrogen) atoms. The van der Waals surface area contributed by atoms with Crippen molar-refractivity contribution in [3.8, 4) is 0 Å². The average Bonchev–Trinajstić information content (AvgIpc) is 3.08. The van der Waals surface area contributed by atoms with Crippen molar-refractivity contribution < 1.29 is 9.59 Å². The highest BCUT2D eigenvalue weighted by Crippen LogP contribution is 2.47. The minimum atomic E-state index is -0.562. The molecule has 0 aromatic heterocycles. The first-order valence-corrected chi connectivity index (χ1v) is 13.2. The number of para-hydroxylation sites is 2. The first kappa shape index (κ1) is 24.2. The normalized spacial score (nSPS) is 18.8. The third-order valence-electron chi connectivity index (χ3n) is 7.46. The number of anilines is 2. The van der Waals surface area contributed by atoms with Gasteiger partial charge in [-0.05, 0) is 66.8 Å². The Labute approximate surface area is 227 Å². The maximum atomic E-state index is 14.2. The zero-order chi connectivity index (χ0) is 26.2. The number of ketones is 1. The molecule has 0 saturated heterocycles. The number of amides is 1. The molecule has 1 N–H and O–H groups in total. The van der Waals surface area contributed by atoms with E-state index in [0.717, 1.165) is 33.8 Å². The van der Waals surface area contributed by atoms with E-state index < -0.39 is 6.04 Å². The number of hydrogen-bond donors (Lipinski definition) is 1. The van der Waals surface area contributed by atoms with Gasteiger partial charge in [0.05, 0.1) is 17.4 Å². The molecule has 0 radical (unpaired) electrons. The van der Waals surface area contributed by atoms with Crippen molar-refractivity contribution in [2.75, 3.05) is 10.2 Å². The predicted octanol–water partition coefficient (Wildman–Crippen LogP) is 7.86. The second-order valence-electron chi connectivity index (χ2n) is 9.97. The van der Waals surface area contributed by atoms with Crippen LogP contribution in [0.4, 0.5) is 11.4 Å². The number of Topliss-reactive ketones (excluding diaryl/α,β-unsaturated/α-hetero) is 1. The van der Waals surface area contributed by atoms with Crippen LogP contribution in [-0.2, 0) is 4.79 Å². The van der Waals surface area contributed by atoms with E-state index in [2.05, 4.69) is 5.32 Å². The maximum absolute atomic E-state index is 14.2. The monoisotopic (exact) mass is 518 g/mol. The molecule has 0 fully saturated rings. The molecular weight excluding hydrogens is 492 g/mol. The molecule has 1 amide bonds. The van der Waals surface area contributed by atoms with Crippen molar-refractivity contribution in [1.29, 1.82) is 0 Å². The zero-order valence-corrected chi connectivity index (χ0v) is 21.8. The van der Waals surface area contributed by atoms with Crippen LogP contribution in [0.25, 0.3) is 0 Å². The summed E-state index contributed by atoms with van der Waals surface area (Å²) in [5, 5.41) is 4.26. The fraction of sp³-hybridized carbons (Fsp3) is 0.152. The first-order valence-electron chi connectivity index (χ1n) is 12.8. The predicted molar refractivity (Wildman–Crippen MR) is 153 cm³/mol. The number of halogens is 1. The molecule has 5 heteroatoms. The quantitative estimate of drug-likeness (QED) is 0.300. The molecule has 1 heterocycles. The molecule has 4 nitrogen and oxygen atoms in total. The lowest BCUT2D eigenvalue weighted by molar-refractivity contribution is -0.116. The van der Waals surface area contributed by atoms with Crippen LogP contribution in [0.3, 0.4) is 0 Å². The Morgan fingerprint density at radius 3 is 2.21 bits per heavy atom. The Kier molecular flexibility index (Phi) is 6.34. The standard InChI is InChI=1S/C33H27ClN2O2/c1-21-11-13-23(14-12-21)32-31-28(19-25(20-30(31)37)22-15-17-26(34)18-16-22)35-27-9-5-6-10-29(27)36(32)33(38)24-7-3-2-4-8-24/h2-18,25,32,35H,19-20H2,1H3/t25-,32-/m1/s1. The summed E-state index contributed by atoms with van der Waals surface area (Å²) in [6, 6.07) is 32.4. The molecule has 4 aromatic carbocycles. The van der Waals surface area contributed by atoms with Gasteiger partial charge < -0.3 is 5.32 Å². The van der Waals surface area contributed by atoms with Crippen LogP contribution < -0.4 is 10.2 Å². The summed E-state index contributed by atoms with van der Waals surface area (Å²) in [7, 11) is 0. The van der Waals surface area contributed by atoms with Gasteiger partial charge in [0, 0.05) is 28.3 Å². The lowest BCUT2D eigenvalue weighted by Gasteiger charge is -2.35. The second kappa shape index (κ2) is 9.96. The van der Waals surface area contributed by atoms with Gasteiger partial charge in [0.25, 0.3) is 5.91 Å². The van der Waals surface area contributed by atoms with Gasteiger partial charge in [-0.15, -0.1) is 0 Å². The van der Waals surface area contributed by atoms with Crippen LogP contribution in [0.1, 0.15) is 51.8 Å². The van der Waals surface area contributed by atoms with Crippen LogP contribution in [0.5, 0.6) is 0 Å². The summed E-state index contributed by atoms with van der Waals surface area (Å²) in [6.45, 7) is 2.04. The largest absolute Gasteiger partial charge is 0.357 e. The third kappa shape index (κ3) is 4.42. The topological polar surface area (TPSA) is 49.4 Å². The summed E-state index contributed by atoms with van der Waals surface area (Å²) in [4.78, 5) is 30.1. The number of nitrogens with one attached hydrogen (secondary N) is 1. The van der Waals surface area contributed by atoms with Gasteiger partial charge in [0.2, 0.25) is 0 Å². The fourth-order valence-corrected chi connectivity index (χ4v) is 5.69. The maximum Gasteiger partial charge on any atom is 0.259 e. The summed E-state index contributed by atoms with van der Waals surface area (Å²) >= 11 is 6.14. The van der Waals surface area contributed by atoms with E-state index in [1.807, 2.05) is 110 Å². The summed E-state index contributed by atoms with van der Waals surface area (Å²) in [5.41, 5.74) is 6.75. The molecule has 0 saturated carbocycles. The van der Waals surface area contributed by atoms with Gasteiger partial charge in [-0.3, -0.25) is 14.5 Å². The van der Waals surface area contributed by atoms with Gasteiger partial charge in [-0.1, -0.05) is 83.9 Å². The zero-order valence-electron chi connectivity index (χ0n) is 21.0. The van der Waals surface area contributed by atoms with E-state index >= 15 is 0 Å². The van der Waals surface area contributed by atoms with Crippen molar-refractivity contribution in [2.45, 2.75) is 31.7 Å². The molecular formula is C33H27ClN2O2. The van der Waals surface area contributed by atoms with Gasteiger partial charge in [0.15, 0.2) is 5.78 Å². The number of hydrogen-bond acceptors (Lipinski definition) is 3. The highest BCUT2D eigenvalue weighted by atomic mass is 35.5. The van der Waals surface area contributed by atoms with E-state index in [9.17, 15) is 9.59 Å².